The van der Waals surface area contributed by atoms with Crippen LogP contribution in [0.5, 0.6) is 0 Å². The van der Waals surface area contributed by atoms with E-state index in [1.807, 2.05) is 24.3 Å². The number of hydrogen-bond donors (Lipinski definition) is 1. The second-order valence-corrected chi connectivity index (χ2v) is 8.24. The summed E-state index contributed by atoms with van der Waals surface area (Å²) < 4.78 is 12.4. The van der Waals surface area contributed by atoms with E-state index in [4.69, 9.17) is 9.47 Å². The van der Waals surface area contributed by atoms with Gasteiger partial charge >= 0.3 is 5.97 Å². The molecule has 1 amide bonds. The van der Waals surface area contributed by atoms with E-state index in [0.717, 1.165) is 42.0 Å². The van der Waals surface area contributed by atoms with Gasteiger partial charge in [-0.15, -0.1) is 0 Å². The predicted molar refractivity (Wildman–Crippen MR) is 126 cm³/mol. The van der Waals surface area contributed by atoms with Crippen LogP contribution in [0.3, 0.4) is 0 Å². The number of aromatic nitrogens is 2. The van der Waals surface area contributed by atoms with E-state index in [-0.39, 0.29) is 24.3 Å². The maximum absolute atomic E-state index is 12.5. The molecule has 0 bridgehead atoms. The lowest BCUT2D eigenvalue weighted by atomic mass is 10.0. The third kappa shape index (κ3) is 5.14. The molecule has 33 heavy (non-hydrogen) atoms. The van der Waals surface area contributed by atoms with E-state index in [0.29, 0.717) is 12.1 Å². The zero-order valence-electron chi connectivity index (χ0n) is 19.3. The van der Waals surface area contributed by atoms with Crippen molar-refractivity contribution >= 4 is 11.9 Å². The van der Waals surface area contributed by atoms with Gasteiger partial charge in [0, 0.05) is 24.3 Å². The van der Waals surface area contributed by atoms with Crippen molar-refractivity contribution in [2.75, 3.05) is 19.8 Å². The lowest BCUT2D eigenvalue weighted by molar-refractivity contribution is 0.0519. The first-order valence-electron chi connectivity index (χ1n) is 11.3. The fraction of sp³-hybridized carbons (Fsp3) is 0.346. The Morgan fingerprint density at radius 2 is 1.91 bits per heavy atom. The van der Waals surface area contributed by atoms with Crippen LogP contribution < -0.4 is 5.32 Å². The predicted octanol–water partition coefficient (Wildman–Crippen LogP) is 4.24. The van der Waals surface area contributed by atoms with E-state index >= 15 is 0 Å². The van der Waals surface area contributed by atoms with E-state index in [1.165, 1.54) is 5.56 Å². The molecule has 1 aliphatic heterocycles. The monoisotopic (exact) mass is 447 g/mol. The number of ether oxygens (including phenoxy) is 2. The van der Waals surface area contributed by atoms with Gasteiger partial charge in [0.2, 0.25) is 0 Å². The Balaban J connectivity index is 1.61. The largest absolute Gasteiger partial charge is 0.461 e. The number of amides is 1. The Labute approximate surface area is 193 Å². The van der Waals surface area contributed by atoms with Gasteiger partial charge < -0.3 is 14.8 Å². The van der Waals surface area contributed by atoms with Gasteiger partial charge in [0.1, 0.15) is 0 Å². The third-order valence-electron chi connectivity index (χ3n) is 5.88. The van der Waals surface area contributed by atoms with Crippen LogP contribution >= 0.6 is 0 Å². The Kier molecular flexibility index (Phi) is 6.89. The van der Waals surface area contributed by atoms with Gasteiger partial charge in [0.05, 0.1) is 24.1 Å². The van der Waals surface area contributed by atoms with Crippen LogP contribution in [0, 0.1) is 13.8 Å². The quantitative estimate of drug-likeness (QED) is 0.548. The smallest absolute Gasteiger partial charge is 0.358 e. The zero-order valence-corrected chi connectivity index (χ0v) is 19.3. The summed E-state index contributed by atoms with van der Waals surface area (Å²) in [7, 11) is 0. The van der Waals surface area contributed by atoms with E-state index in [1.54, 1.807) is 29.8 Å². The molecule has 0 radical (unpaired) electrons. The molecule has 7 nitrogen and oxygen atoms in total. The molecule has 0 spiro atoms. The van der Waals surface area contributed by atoms with Gasteiger partial charge in [-0.1, -0.05) is 12.1 Å². The van der Waals surface area contributed by atoms with Crippen LogP contribution in [-0.2, 0) is 9.47 Å². The maximum Gasteiger partial charge on any atom is 0.358 e. The molecule has 0 aliphatic carbocycles. The lowest BCUT2D eigenvalue weighted by Gasteiger charge is -2.12. The molecule has 4 rings (SSSR count). The van der Waals surface area contributed by atoms with E-state index in [2.05, 4.69) is 30.3 Å². The number of rotatable bonds is 7. The zero-order chi connectivity index (χ0) is 23.4. The number of benzene rings is 2. The van der Waals surface area contributed by atoms with Gasteiger partial charge in [-0.2, -0.15) is 5.10 Å². The van der Waals surface area contributed by atoms with Gasteiger partial charge in [0.15, 0.2) is 5.69 Å². The number of carbonyl (C=O) groups is 2. The van der Waals surface area contributed by atoms with Crippen LogP contribution in [-0.4, -0.2) is 47.5 Å². The number of nitrogens with one attached hydrogen (secondary N) is 1. The number of carbonyl (C=O) groups excluding carboxylic acids is 2. The normalized spacial score (nSPS) is 15.4. The minimum Gasteiger partial charge on any atom is -0.461 e. The van der Waals surface area contributed by atoms with E-state index < -0.39 is 5.97 Å². The van der Waals surface area contributed by atoms with Crippen molar-refractivity contribution in [3.63, 3.8) is 0 Å². The first kappa shape index (κ1) is 22.7. The molecule has 7 heteroatoms. The summed E-state index contributed by atoms with van der Waals surface area (Å²) in [6.45, 7) is 7.43. The molecule has 2 aromatic carbocycles. The number of esters is 1. The molecule has 3 aromatic rings. The summed E-state index contributed by atoms with van der Waals surface area (Å²) in [5, 5.41) is 7.45. The third-order valence-corrected chi connectivity index (χ3v) is 5.88. The first-order chi connectivity index (χ1) is 16.0. The van der Waals surface area contributed by atoms with Crippen molar-refractivity contribution in [2.45, 2.75) is 39.7 Å². The molecule has 1 saturated heterocycles. The van der Waals surface area contributed by atoms with E-state index in [9.17, 15) is 9.59 Å². The highest BCUT2D eigenvalue weighted by molar-refractivity contribution is 5.94. The molecule has 2 heterocycles. The average Bonchev–Trinajstić information content (AvgIpc) is 3.50. The lowest BCUT2D eigenvalue weighted by Crippen LogP contribution is -2.31. The second-order valence-electron chi connectivity index (χ2n) is 8.24. The Morgan fingerprint density at radius 1 is 1.12 bits per heavy atom. The standard InChI is InChI=1S/C26H29N3O4/c1-4-32-26(31)23-15-24(20-8-7-17(2)18(3)14-20)29(28-23)21-11-9-19(10-12-21)25(30)27-16-22-6-5-13-33-22/h7-12,14-15,22H,4-6,13,16H2,1-3H3,(H,27,30)/t22-/m1/s1. The van der Waals surface area contributed by atoms with Crippen LogP contribution in [0.15, 0.2) is 48.5 Å². The van der Waals surface area contributed by atoms with Gasteiger partial charge in [-0.05, 0) is 81.1 Å². The average molecular weight is 448 g/mol. The minimum absolute atomic E-state index is 0.0964. The number of hydrogen-bond acceptors (Lipinski definition) is 5. The Hall–Kier alpha value is -3.45. The molecular formula is C26H29N3O4. The van der Waals surface area contributed by atoms with Crippen LogP contribution in [0.2, 0.25) is 0 Å². The van der Waals surface area contributed by atoms with Crippen molar-refractivity contribution < 1.29 is 19.1 Å². The molecule has 1 aromatic heterocycles. The molecular weight excluding hydrogens is 418 g/mol. The number of nitrogens with zero attached hydrogens (tertiary/aromatic N) is 2. The molecule has 172 valence electrons. The Bertz CT molecular complexity index is 1140. The van der Waals surface area contributed by atoms with Crippen molar-refractivity contribution in [3.05, 3.63) is 70.9 Å². The summed E-state index contributed by atoms with van der Waals surface area (Å²) >= 11 is 0. The summed E-state index contributed by atoms with van der Waals surface area (Å²) in [5.41, 5.74) is 5.60. The summed E-state index contributed by atoms with van der Waals surface area (Å²) in [6.07, 6.45) is 2.11. The molecule has 1 aliphatic rings. The highest BCUT2D eigenvalue weighted by atomic mass is 16.5. The van der Waals surface area contributed by atoms with Gasteiger partial charge in [0.25, 0.3) is 5.91 Å². The van der Waals surface area contributed by atoms with Crippen molar-refractivity contribution in [1.82, 2.24) is 15.1 Å². The minimum atomic E-state index is -0.466. The van der Waals surface area contributed by atoms with Gasteiger partial charge in [-0.25, -0.2) is 9.48 Å². The molecule has 1 atom stereocenters. The fourth-order valence-electron chi connectivity index (χ4n) is 3.86. The highest BCUT2D eigenvalue weighted by Gasteiger charge is 2.19. The molecule has 1 fully saturated rings. The highest BCUT2D eigenvalue weighted by Crippen LogP contribution is 2.26. The van der Waals surface area contributed by atoms with Gasteiger partial charge in [-0.3, -0.25) is 4.79 Å². The second kappa shape index (κ2) is 10.0. The Morgan fingerprint density at radius 3 is 2.58 bits per heavy atom. The van der Waals surface area contributed by atoms with Crippen LogP contribution in [0.1, 0.15) is 51.7 Å². The first-order valence-corrected chi connectivity index (χ1v) is 11.3. The maximum atomic E-state index is 12.5. The summed E-state index contributed by atoms with van der Waals surface area (Å²) in [5.74, 6) is -0.606. The van der Waals surface area contributed by atoms with Crippen molar-refractivity contribution in [1.29, 1.82) is 0 Å². The van der Waals surface area contributed by atoms with Crippen molar-refractivity contribution in [2.24, 2.45) is 0 Å². The number of aryl methyl sites for hydroxylation is 2. The topological polar surface area (TPSA) is 82.5 Å². The molecule has 1 N–H and O–H groups in total. The molecule has 0 saturated carbocycles. The SMILES string of the molecule is CCOC(=O)c1cc(-c2ccc(C)c(C)c2)n(-c2ccc(C(=O)NC[C@H]3CCCO3)cc2)n1. The van der Waals surface area contributed by atoms with Crippen LogP contribution in [0.4, 0.5) is 0 Å². The summed E-state index contributed by atoms with van der Waals surface area (Å²) in [4.78, 5) is 24.9. The van der Waals surface area contributed by atoms with Crippen molar-refractivity contribution in [3.8, 4) is 16.9 Å². The molecule has 0 unspecified atom stereocenters. The van der Waals surface area contributed by atoms with Crippen LogP contribution in [0.25, 0.3) is 16.9 Å². The summed E-state index contributed by atoms with van der Waals surface area (Å²) in [6, 6.07) is 15.0. The fourth-order valence-corrected chi connectivity index (χ4v) is 3.86.